The Kier molecular flexibility index (Phi) is 5.65. The van der Waals surface area contributed by atoms with Gasteiger partial charge < -0.3 is 10.2 Å². The fourth-order valence-corrected chi connectivity index (χ4v) is 4.78. The van der Waals surface area contributed by atoms with Crippen LogP contribution in [-0.2, 0) is 4.79 Å². The fourth-order valence-electron chi connectivity index (χ4n) is 4.06. The molecule has 140 valence electrons. The van der Waals surface area contributed by atoms with E-state index in [1.807, 2.05) is 0 Å². The molecule has 2 aromatic heterocycles. The number of aromatic nitrogens is 2. The van der Waals surface area contributed by atoms with E-state index in [4.69, 9.17) is 0 Å². The average molecular weight is 374 g/mol. The van der Waals surface area contributed by atoms with Crippen LogP contribution < -0.4 is 10.2 Å². The summed E-state index contributed by atoms with van der Waals surface area (Å²) in [6.07, 6.45) is 8.20. The molecule has 1 amide bonds. The Morgan fingerprint density at radius 2 is 1.96 bits per heavy atom. The zero-order chi connectivity index (χ0) is 17.8. The lowest BCUT2D eigenvalue weighted by Crippen LogP contribution is -2.50. The van der Waals surface area contributed by atoms with E-state index in [0.29, 0.717) is 12.5 Å². The Morgan fingerprint density at radius 1 is 1.15 bits per heavy atom. The van der Waals surface area contributed by atoms with Crippen LogP contribution in [0, 0.1) is 5.92 Å². The lowest BCUT2D eigenvalue weighted by atomic mass is 9.89. The van der Waals surface area contributed by atoms with Gasteiger partial charge in [-0.3, -0.25) is 9.69 Å². The maximum Gasteiger partial charge on any atom is 0.234 e. The molecule has 26 heavy (non-hydrogen) atoms. The van der Waals surface area contributed by atoms with Crippen molar-refractivity contribution in [3.63, 3.8) is 0 Å². The summed E-state index contributed by atoms with van der Waals surface area (Å²) in [7, 11) is 0. The third kappa shape index (κ3) is 4.15. The van der Waals surface area contributed by atoms with E-state index < -0.39 is 0 Å². The molecule has 6 nitrogen and oxygen atoms in total. The molecule has 2 aromatic rings. The van der Waals surface area contributed by atoms with Gasteiger partial charge in [-0.2, -0.15) is 0 Å². The standard InChI is InChI=1S/C19H27N5OS/c25-17(20-12-15-4-2-1-3-5-15)13-23-7-9-24(10-8-23)18-16-6-11-26-19(16)22-14-21-18/h6,11,14-15H,1-5,7-10,12-13H2,(H,20,25). The van der Waals surface area contributed by atoms with E-state index >= 15 is 0 Å². The Bertz CT molecular complexity index is 734. The van der Waals surface area contributed by atoms with Crippen LogP contribution in [-0.4, -0.2) is 60.0 Å². The zero-order valence-electron chi connectivity index (χ0n) is 15.2. The fraction of sp³-hybridized carbons (Fsp3) is 0.632. The minimum atomic E-state index is 0.172. The first-order valence-corrected chi connectivity index (χ1v) is 10.6. The van der Waals surface area contributed by atoms with Gasteiger partial charge in [0, 0.05) is 32.7 Å². The third-order valence-electron chi connectivity index (χ3n) is 5.59. The normalized spacial score (nSPS) is 19.8. The van der Waals surface area contributed by atoms with E-state index in [1.165, 1.54) is 32.1 Å². The first-order chi connectivity index (χ1) is 12.8. The second kappa shape index (κ2) is 8.31. The molecule has 0 aromatic carbocycles. The first kappa shape index (κ1) is 17.7. The van der Waals surface area contributed by atoms with Crippen molar-refractivity contribution in [2.75, 3.05) is 44.2 Å². The van der Waals surface area contributed by atoms with Gasteiger partial charge in [0.25, 0.3) is 0 Å². The third-order valence-corrected chi connectivity index (χ3v) is 6.41. The molecule has 3 heterocycles. The number of nitrogens with one attached hydrogen (secondary N) is 1. The molecule has 1 N–H and O–H groups in total. The molecule has 0 spiro atoms. The highest BCUT2D eigenvalue weighted by molar-refractivity contribution is 7.16. The number of carbonyl (C=O) groups is 1. The van der Waals surface area contributed by atoms with Crippen molar-refractivity contribution < 1.29 is 4.79 Å². The summed E-state index contributed by atoms with van der Waals surface area (Å²) >= 11 is 1.65. The van der Waals surface area contributed by atoms with Gasteiger partial charge in [-0.1, -0.05) is 19.3 Å². The van der Waals surface area contributed by atoms with E-state index in [0.717, 1.165) is 48.8 Å². The maximum atomic E-state index is 12.3. The minimum Gasteiger partial charge on any atom is -0.355 e. The van der Waals surface area contributed by atoms with Crippen LogP contribution in [0.5, 0.6) is 0 Å². The van der Waals surface area contributed by atoms with Crippen LogP contribution in [0.3, 0.4) is 0 Å². The van der Waals surface area contributed by atoms with Crippen molar-refractivity contribution in [1.29, 1.82) is 0 Å². The molecule has 1 saturated heterocycles. The van der Waals surface area contributed by atoms with Crippen molar-refractivity contribution in [2.24, 2.45) is 5.92 Å². The molecule has 2 aliphatic rings. The van der Waals surface area contributed by atoms with E-state index in [9.17, 15) is 4.79 Å². The van der Waals surface area contributed by atoms with Gasteiger partial charge in [0.15, 0.2) is 0 Å². The molecule has 0 atom stereocenters. The summed E-state index contributed by atoms with van der Waals surface area (Å²) in [5, 5.41) is 6.35. The van der Waals surface area contributed by atoms with Gasteiger partial charge in [0.05, 0.1) is 11.9 Å². The lowest BCUT2D eigenvalue weighted by Gasteiger charge is -2.35. The second-order valence-electron chi connectivity index (χ2n) is 7.41. The van der Waals surface area contributed by atoms with Crippen molar-refractivity contribution >= 4 is 33.3 Å². The topological polar surface area (TPSA) is 61.4 Å². The number of thiophene rings is 1. The Morgan fingerprint density at radius 3 is 2.77 bits per heavy atom. The molecular weight excluding hydrogens is 346 g/mol. The second-order valence-corrected chi connectivity index (χ2v) is 8.30. The molecule has 1 aliphatic carbocycles. The number of carbonyl (C=O) groups excluding carboxylic acids is 1. The number of fused-ring (bicyclic) bond motifs is 1. The van der Waals surface area contributed by atoms with Gasteiger partial charge in [-0.05, 0) is 30.2 Å². The number of hydrogen-bond acceptors (Lipinski definition) is 6. The smallest absolute Gasteiger partial charge is 0.234 e. The summed E-state index contributed by atoms with van der Waals surface area (Å²) in [6.45, 7) is 4.96. The van der Waals surface area contributed by atoms with Crippen LogP contribution in [0.2, 0.25) is 0 Å². The number of anilines is 1. The Balaban J connectivity index is 1.24. The van der Waals surface area contributed by atoms with Gasteiger partial charge in [0.2, 0.25) is 5.91 Å². The molecule has 4 rings (SSSR count). The summed E-state index contributed by atoms with van der Waals surface area (Å²) in [5.74, 6) is 1.89. The first-order valence-electron chi connectivity index (χ1n) is 9.72. The molecule has 0 unspecified atom stereocenters. The predicted octanol–water partition coefficient (Wildman–Crippen LogP) is 2.51. The zero-order valence-corrected chi connectivity index (χ0v) is 16.0. The number of rotatable bonds is 5. The Hall–Kier alpha value is -1.73. The molecular formula is C19H27N5OS. The van der Waals surface area contributed by atoms with Crippen LogP contribution in [0.15, 0.2) is 17.8 Å². The average Bonchev–Trinajstić information content (AvgIpc) is 3.17. The van der Waals surface area contributed by atoms with Gasteiger partial charge >= 0.3 is 0 Å². The minimum absolute atomic E-state index is 0.172. The van der Waals surface area contributed by atoms with Crippen molar-refractivity contribution in [3.05, 3.63) is 17.8 Å². The SMILES string of the molecule is O=C(CN1CCN(c2ncnc3sccc23)CC1)NCC1CCCCC1. The van der Waals surface area contributed by atoms with Crippen LogP contribution in [0.4, 0.5) is 5.82 Å². The van der Waals surface area contributed by atoms with Crippen LogP contribution >= 0.6 is 11.3 Å². The maximum absolute atomic E-state index is 12.3. The van der Waals surface area contributed by atoms with E-state index in [1.54, 1.807) is 17.7 Å². The predicted molar refractivity (Wildman–Crippen MR) is 106 cm³/mol. The van der Waals surface area contributed by atoms with Gasteiger partial charge in [0.1, 0.15) is 17.0 Å². The summed E-state index contributed by atoms with van der Waals surface area (Å²) in [4.78, 5) is 26.7. The largest absolute Gasteiger partial charge is 0.355 e. The van der Waals surface area contributed by atoms with E-state index in [2.05, 4.69) is 36.5 Å². The quantitative estimate of drug-likeness (QED) is 0.873. The van der Waals surface area contributed by atoms with Crippen LogP contribution in [0.1, 0.15) is 32.1 Å². The number of hydrogen-bond donors (Lipinski definition) is 1. The van der Waals surface area contributed by atoms with Gasteiger partial charge in [-0.15, -0.1) is 11.3 Å². The van der Waals surface area contributed by atoms with Crippen molar-refractivity contribution in [2.45, 2.75) is 32.1 Å². The monoisotopic (exact) mass is 373 g/mol. The molecule has 7 heteroatoms. The van der Waals surface area contributed by atoms with Gasteiger partial charge in [-0.25, -0.2) is 9.97 Å². The highest BCUT2D eigenvalue weighted by Gasteiger charge is 2.22. The van der Waals surface area contributed by atoms with Crippen molar-refractivity contribution in [1.82, 2.24) is 20.2 Å². The molecule has 0 bridgehead atoms. The van der Waals surface area contributed by atoms with Crippen LogP contribution in [0.25, 0.3) is 10.2 Å². The summed E-state index contributed by atoms with van der Waals surface area (Å²) < 4.78 is 0. The number of nitrogens with zero attached hydrogens (tertiary/aromatic N) is 4. The van der Waals surface area contributed by atoms with Crippen molar-refractivity contribution in [3.8, 4) is 0 Å². The highest BCUT2D eigenvalue weighted by atomic mass is 32.1. The number of piperazine rings is 1. The van der Waals surface area contributed by atoms with E-state index in [-0.39, 0.29) is 5.91 Å². The Labute approximate surface area is 158 Å². The summed E-state index contributed by atoms with van der Waals surface area (Å²) in [5.41, 5.74) is 0. The number of amides is 1. The molecule has 1 saturated carbocycles. The summed E-state index contributed by atoms with van der Waals surface area (Å²) in [6, 6.07) is 2.10. The highest BCUT2D eigenvalue weighted by Crippen LogP contribution is 2.27. The lowest BCUT2D eigenvalue weighted by molar-refractivity contribution is -0.122. The molecule has 0 radical (unpaired) electrons. The molecule has 2 fully saturated rings. The molecule has 1 aliphatic heterocycles.